The van der Waals surface area contributed by atoms with Crippen LogP contribution in [0.5, 0.6) is 0 Å². The quantitative estimate of drug-likeness (QED) is 0.674. The molecule has 0 spiro atoms. The highest BCUT2D eigenvalue weighted by Crippen LogP contribution is 2.17. The van der Waals surface area contributed by atoms with Crippen LogP contribution >= 0.6 is 0 Å². The third kappa shape index (κ3) is 1.86. The summed E-state index contributed by atoms with van der Waals surface area (Å²) in [7, 11) is 0. The fourth-order valence-electron chi connectivity index (χ4n) is 1.84. The van der Waals surface area contributed by atoms with Gasteiger partial charge in [0.15, 0.2) is 5.65 Å². The second-order valence-corrected chi connectivity index (χ2v) is 4.15. The summed E-state index contributed by atoms with van der Waals surface area (Å²) < 4.78 is 1.75. The highest BCUT2D eigenvalue weighted by Gasteiger charge is 2.05. The van der Waals surface area contributed by atoms with Gasteiger partial charge in [0.05, 0.1) is 0 Å². The molecule has 0 unspecified atom stereocenters. The van der Waals surface area contributed by atoms with Gasteiger partial charge in [-0.15, -0.1) is 5.10 Å². The second-order valence-electron chi connectivity index (χ2n) is 4.15. The Morgan fingerprint density at radius 2 is 2.11 bits per heavy atom. The molecule has 0 aliphatic rings. The predicted molar refractivity (Wildman–Crippen MR) is 71.9 cm³/mol. The number of benzene rings is 1. The van der Waals surface area contributed by atoms with Crippen molar-refractivity contribution in [1.29, 1.82) is 0 Å². The first-order valence-corrected chi connectivity index (χ1v) is 5.67. The highest BCUT2D eigenvalue weighted by atomic mass is 15.3. The number of nitrogens with zero attached hydrogens (tertiary/aromatic N) is 3. The maximum Gasteiger partial charge on any atom is 0.247 e. The van der Waals surface area contributed by atoms with E-state index in [1.807, 2.05) is 49.5 Å². The van der Waals surface area contributed by atoms with Gasteiger partial charge in [0.1, 0.15) is 0 Å². The Morgan fingerprint density at radius 3 is 2.89 bits per heavy atom. The van der Waals surface area contributed by atoms with Gasteiger partial charge < -0.3 is 11.1 Å². The van der Waals surface area contributed by atoms with E-state index in [0.29, 0.717) is 11.6 Å². The summed E-state index contributed by atoms with van der Waals surface area (Å²) in [5.74, 6) is 0.565. The van der Waals surface area contributed by atoms with E-state index >= 15 is 0 Å². The van der Waals surface area contributed by atoms with Crippen molar-refractivity contribution in [1.82, 2.24) is 14.6 Å². The predicted octanol–water partition coefficient (Wildman–Crippen LogP) is 2.36. The number of rotatable bonds is 2. The van der Waals surface area contributed by atoms with Crippen LogP contribution in [0.1, 0.15) is 5.56 Å². The number of anilines is 3. The lowest BCUT2D eigenvalue weighted by Gasteiger charge is -2.01. The number of aryl methyl sites for hydroxylation is 1. The van der Waals surface area contributed by atoms with Gasteiger partial charge in [-0.05, 0) is 36.8 Å². The van der Waals surface area contributed by atoms with Gasteiger partial charge in [0.2, 0.25) is 5.95 Å². The van der Waals surface area contributed by atoms with Crippen molar-refractivity contribution < 1.29 is 0 Å². The molecule has 0 bridgehead atoms. The minimum Gasteiger partial charge on any atom is -0.399 e. The summed E-state index contributed by atoms with van der Waals surface area (Å²) in [6.45, 7) is 2.01. The summed E-state index contributed by atoms with van der Waals surface area (Å²) in [5, 5.41) is 7.49. The molecule has 18 heavy (non-hydrogen) atoms. The largest absolute Gasteiger partial charge is 0.399 e. The standard InChI is InChI=1S/C13H13N5/c1-9-4-3-7-18-12(9)16-13(17-18)15-11-6-2-5-10(14)8-11/h2-8H,14H2,1H3,(H,15,17). The van der Waals surface area contributed by atoms with Crippen LogP contribution in [-0.2, 0) is 0 Å². The van der Waals surface area contributed by atoms with E-state index in [9.17, 15) is 0 Å². The normalized spacial score (nSPS) is 10.7. The first-order valence-electron chi connectivity index (χ1n) is 5.67. The van der Waals surface area contributed by atoms with Crippen molar-refractivity contribution in [2.24, 2.45) is 0 Å². The lowest BCUT2D eigenvalue weighted by molar-refractivity contribution is 0.960. The topological polar surface area (TPSA) is 68.2 Å². The molecule has 0 aliphatic carbocycles. The van der Waals surface area contributed by atoms with Gasteiger partial charge in [-0.3, -0.25) is 0 Å². The molecule has 3 aromatic rings. The van der Waals surface area contributed by atoms with E-state index in [1.165, 1.54) is 0 Å². The van der Waals surface area contributed by atoms with Crippen LogP contribution in [0.15, 0.2) is 42.6 Å². The molecule has 3 rings (SSSR count). The molecular weight excluding hydrogens is 226 g/mol. The Kier molecular flexibility index (Phi) is 2.37. The number of hydrogen-bond acceptors (Lipinski definition) is 4. The molecule has 90 valence electrons. The number of hydrogen-bond donors (Lipinski definition) is 2. The number of nitrogens with one attached hydrogen (secondary N) is 1. The summed E-state index contributed by atoms with van der Waals surface area (Å²) in [6.07, 6.45) is 1.87. The summed E-state index contributed by atoms with van der Waals surface area (Å²) in [6, 6.07) is 11.5. The fourth-order valence-corrected chi connectivity index (χ4v) is 1.84. The second kappa shape index (κ2) is 4.03. The molecule has 0 amide bonds. The Morgan fingerprint density at radius 1 is 1.22 bits per heavy atom. The van der Waals surface area contributed by atoms with Crippen LogP contribution in [0.25, 0.3) is 5.65 Å². The zero-order valence-corrected chi connectivity index (χ0v) is 9.96. The van der Waals surface area contributed by atoms with Gasteiger partial charge in [0.25, 0.3) is 0 Å². The van der Waals surface area contributed by atoms with Gasteiger partial charge in [-0.1, -0.05) is 12.1 Å². The smallest absolute Gasteiger partial charge is 0.247 e. The SMILES string of the molecule is Cc1cccn2nc(Nc3cccc(N)c3)nc12. The van der Waals surface area contributed by atoms with E-state index in [4.69, 9.17) is 5.73 Å². The number of aromatic nitrogens is 3. The molecule has 0 radical (unpaired) electrons. The number of pyridine rings is 1. The maximum absolute atomic E-state index is 5.73. The summed E-state index contributed by atoms with van der Waals surface area (Å²) in [4.78, 5) is 4.44. The molecule has 5 heteroatoms. The Labute approximate surface area is 104 Å². The van der Waals surface area contributed by atoms with Crippen molar-refractivity contribution in [2.45, 2.75) is 6.92 Å². The molecule has 0 aliphatic heterocycles. The maximum atomic E-state index is 5.73. The molecule has 0 fully saturated rings. The average Bonchev–Trinajstić information content (AvgIpc) is 2.73. The first-order chi connectivity index (χ1) is 8.72. The third-order valence-electron chi connectivity index (χ3n) is 2.70. The molecular formula is C13H13N5. The molecule has 1 aromatic carbocycles. The molecule has 0 atom stereocenters. The van der Waals surface area contributed by atoms with Crippen LogP contribution in [0.2, 0.25) is 0 Å². The van der Waals surface area contributed by atoms with Gasteiger partial charge >= 0.3 is 0 Å². The van der Waals surface area contributed by atoms with Crippen molar-refractivity contribution in [3.63, 3.8) is 0 Å². The van der Waals surface area contributed by atoms with E-state index < -0.39 is 0 Å². The van der Waals surface area contributed by atoms with Gasteiger partial charge in [0, 0.05) is 17.6 Å². The lowest BCUT2D eigenvalue weighted by atomic mass is 10.3. The van der Waals surface area contributed by atoms with Gasteiger partial charge in [-0.25, -0.2) is 4.52 Å². The molecule has 0 saturated heterocycles. The Hall–Kier alpha value is -2.56. The number of nitrogen functional groups attached to an aromatic ring is 1. The van der Waals surface area contributed by atoms with Gasteiger partial charge in [-0.2, -0.15) is 4.98 Å². The molecule has 3 N–H and O–H groups in total. The minimum absolute atomic E-state index is 0.565. The zero-order valence-electron chi connectivity index (χ0n) is 9.96. The first kappa shape index (κ1) is 10.6. The van der Waals surface area contributed by atoms with E-state index in [1.54, 1.807) is 4.52 Å². The van der Waals surface area contributed by atoms with E-state index in [2.05, 4.69) is 15.4 Å². The minimum atomic E-state index is 0.565. The molecule has 2 heterocycles. The summed E-state index contributed by atoms with van der Waals surface area (Å²) in [5.41, 5.74) is 9.25. The Bertz CT molecular complexity index is 701. The van der Waals surface area contributed by atoms with Crippen LogP contribution in [0, 0.1) is 6.92 Å². The number of fused-ring (bicyclic) bond motifs is 1. The molecule has 0 saturated carbocycles. The third-order valence-corrected chi connectivity index (χ3v) is 2.70. The van der Waals surface area contributed by atoms with Crippen molar-refractivity contribution >= 4 is 23.0 Å². The van der Waals surface area contributed by atoms with Crippen LogP contribution in [0.4, 0.5) is 17.3 Å². The Balaban J connectivity index is 1.98. The average molecular weight is 239 g/mol. The fraction of sp³-hybridized carbons (Fsp3) is 0.0769. The highest BCUT2D eigenvalue weighted by molar-refractivity contribution is 5.61. The molecule has 2 aromatic heterocycles. The monoisotopic (exact) mass is 239 g/mol. The van der Waals surface area contributed by atoms with Crippen LogP contribution in [-0.4, -0.2) is 14.6 Å². The van der Waals surface area contributed by atoms with Crippen molar-refractivity contribution in [2.75, 3.05) is 11.1 Å². The van der Waals surface area contributed by atoms with Crippen LogP contribution in [0.3, 0.4) is 0 Å². The van der Waals surface area contributed by atoms with Crippen LogP contribution < -0.4 is 11.1 Å². The summed E-state index contributed by atoms with van der Waals surface area (Å²) >= 11 is 0. The van der Waals surface area contributed by atoms with E-state index in [0.717, 1.165) is 16.9 Å². The van der Waals surface area contributed by atoms with E-state index in [-0.39, 0.29) is 0 Å². The molecule has 5 nitrogen and oxygen atoms in total. The number of nitrogens with two attached hydrogens (primary N) is 1. The van der Waals surface area contributed by atoms with Crippen molar-refractivity contribution in [3.8, 4) is 0 Å². The zero-order chi connectivity index (χ0) is 12.5. The lowest BCUT2D eigenvalue weighted by Crippen LogP contribution is -1.94. The van der Waals surface area contributed by atoms with Crippen molar-refractivity contribution in [3.05, 3.63) is 48.2 Å².